The zero-order chi connectivity index (χ0) is 20.5. The van der Waals surface area contributed by atoms with Crippen molar-refractivity contribution in [2.75, 3.05) is 33.8 Å². The number of hydrogen-bond acceptors (Lipinski definition) is 4. The number of nitrogens with zero attached hydrogens (tertiary/aromatic N) is 2. The van der Waals surface area contributed by atoms with Crippen molar-refractivity contribution in [3.8, 4) is 22.6 Å². The van der Waals surface area contributed by atoms with E-state index >= 15 is 0 Å². The zero-order valence-electron chi connectivity index (χ0n) is 17.7. The molecule has 2 heterocycles. The summed E-state index contributed by atoms with van der Waals surface area (Å²) in [5.41, 5.74) is 2.70. The van der Waals surface area contributed by atoms with Crippen molar-refractivity contribution in [2.24, 2.45) is 5.92 Å². The molecule has 2 atom stereocenters. The molecule has 29 heavy (non-hydrogen) atoms. The summed E-state index contributed by atoms with van der Waals surface area (Å²) in [5.74, 6) is 2.20. The van der Waals surface area contributed by atoms with E-state index in [-0.39, 0.29) is 18.1 Å². The van der Waals surface area contributed by atoms with Gasteiger partial charge in [0.15, 0.2) is 0 Å². The number of hydrogen-bond donors (Lipinski definition) is 0. The highest BCUT2D eigenvalue weighted by atomic mass is 16.5. The number of methoxy groups -OCH3 is 1. The van der Waals surface area contributed by atoms with E-state index in [1.807, 2.05) is 54.4 Å². The lowest BCUT2D eigenvalue weighted by Gasteiger charge is -2.25. The first kappa shape index (κ1) is 19.8. The molecule has 0 aliphatic carbocycles. The Hall–Kier alpha value is -2.53. The molecular formula is C24H30N2O3. The molecule has 2 unspecified atom stereocenters. The van der Waals surface area contributed by atoms with E-state index < -0.39 is 0 Å². The van der Waals surface area contributed by atoms with E-state index in [0.717, 1.165) is 42.9 Å². The lowest BCUT2D eigenvalue weighted by molar-refractivity contribution is 0.0682. The van der Waals surface area contributed by atoms with Crippen molar-refractivity contribution in [1.29, 1.82) is 0 Å². The van der Waals surface area contributed by atoms with E-state index in [9.17, 15) is 4.79 Å². The standard InChI is InChI=1S/C24H30N2O3/c1-16(2)10-11-26-14-21-23(15-26)29-22-13-18(8-9-20(22)24(27)25(21)3)17-6-5-7-19(12-17)28-4/h5-9,12-13,16,21,23H,10-11,14-15H2,1-4H3. The molecule has 2 aromatic carbocycles. The number of likely N-dealkylation sites (tertiary alicyclic amines) is 1. The summed E-state index contributed by atoms with van der Waals surface area (Å²) >= 11 is 0. The zero-order valence-corrected chi connectivity index (χ0v) is 17.7. The van der Waals surface area contributed by atoms with Gasteiger partial charge in [0.1, 0.15) is 17.6 Å². The van der Waals surface area contributed by atoms with Gasteiger partial charge in [-0.1, -0.05) is 32.0 Å². The van der Waals surface area contributed by atoms with Crippen LogP contribution in [0.2, 0.25) is 0 Å². The van der Waals surface area contributed by atoms with Gasteiger partial charge in [0, 0.05) is 20.1 Å². The van der Waals surface area contributed by atoms with Crippen molar-refractivity contribution in [1.82, 2.24) is 9.80 Å². The van der Waals surface area contributed by atoms with Gasteiger partial charge in [-0.05, 0) is 54.3 Å². The van der Waals surface area contributed by atoms with Crippen LogP contribution in [0.25, 0.3) is 11.1 Å². The summed E-state index contributed by atoms with van der Waals surface area (Å²) in [6, 6.07) is 13.9. The van der Waals surface area contributed by atoms with Crippen LogP contribution < -0.4 is 9.47 Å². The quantitative estimate of drug-likeness (QED) is 0.771. The minimum atomic E-state index is -0.00192. The van der Waals surface area contributed by atoms with Crippen LogP contribution in [0.15, 0.2) is 42.5 Å². The van der Waals surface area contributed by atoms with Crippen LogP contribution in [0.4, 0.5) is 0 Å². The third-order valence-corrected chi connectivity index (χ3v) is 6.05. The molecule has 1 saturated heterocycles. The molecule has 0 radical (unpaired) electrons. The Balaban J connectivity index is 1.62. The van der Waals surface area contributed by atoms with E-state index in [2.05, 4.69) is 18.7 Å². The maximum Gasteiger partial charge on any atom is 0.257 e. The largest absolute Gasteiger partial charge is 0.497 e. The van der Waals surface area contributed by atoms with Gasteiger partial charge in [-0.25, -0.2) is 0 Å². The van der Waals surface area contributed by atoms with Gasteiger partial charge in [-0.3, -0.25) is 9.69 Å². The number of fused-ring (bicyclic) bond motifs is 2. The molecule has 4 rings (SSSR count). The SMILES string of the molecule is COc1cccc(-c2ccc3c(c2)OC2CN(CCC(C)C)CC2N(C)C3=O)c1. The van der Waals surface area contributed by atoms with Gasteiger partial charge >= 0.3 is 0 Å². The minimum Gasteiger partial charge on any atom is -0.497 e. The van der Waals surface area contributed by atoms with Gasteiger partial charge in [0.2, 0.25) is 0 Å². The molecule has 0 aromatic heterocycles. The summed E-state index contributed by atoms with van der Waals surface area (Å²) in [5, 5.41) is 0. The molecule has 0 spiro atoms. The highest BCUT2D eigenvalue weighted by Gasteiger charge is 2.42. The van der Waals surface area contributed by atoms with Crippen molar-refractivity contribution in [3.05, 3.63) is 48.0 Å². The first-order valence-electron chi connectivity index (χ1n) is 10.4. The summed E-state index contributed by atoms with van der Waals surface area (Å²) in [4.78, 5) is 17.4. The smallest absolute Gasteiger partial charge is 0.257 e. The first-order valence-corrected chi connectivity index (χ1v) is 10.4. The summed E-state index contributed by atoms with van der Waals surface area (Å²) in [7, 11) is 3.57. The van der Waals surface area contributed by atoms with Crippen LogP contribution in [0.1, 0.15) is 30.6 Å². The molecule has 2 aromatic rings. The van der Waals surface area contributed by atoms with Crippen LogP contribution in [-0.4, -0.2) is 61.6 Å². The summed E-state index contributed by atoms with van der Waals surface area (Å²) < 4.78 is 11.8. The van der Waals surface area contributed by atoms with Crippen LogP contribution in [0.3, 0.4) is 0 Å². The second-order valence-corrected chi connectivity index (χ2v) is 8.52. The van der Waals surface area contributed by atoms with Crippen molar-refractivity contribution in [3.63, 3.8) is 0 Å². The maximum atomic E-state index is 13.1. The summed E-state index contributed by atoms with van der Waals surface area (Å²) in [6.07, 6.45) is 1.16. The number of amides is 1. The number of benzene rings is 2. The molecule has 1 fully saturated rings. The Morgan fingerprint density at radius 3 is 2.69 bits per heavy atom. The fraction of sp³-hybridized carbons (Fsp3) is 0.458. The Bertz CT molecular complexity index is 895. The first-order chi connectivity index (χ1) is 14.0. The molecule has 0 bridgehead atoms. The third kappa shape index (κ3) is 3.97. The predicted octanol–water partition coefficient (Wildman–Crippen LogP) is 3.93. The second kappa shape index (κ2) is 8.07. The Morgan fingerprint density at radius 2 is 1.93 bits per heavy atom. The van der Waals surface area contributed by atoms with Gasteiger partial charge in [0.05, 0.1) is 18.7 Å². The van der Waals surface area contributed by atoms with Crippen molar-refractivity contribution in [2.45, 2.75) is 32.4 Å². The van der Waals surface area contributed by atoms with Gasteiger partial charge in [-0.2, -0.15) is 0 Å². The monoisotopic (exact) mass is 394 g/mol. The molecular weight excluding hydrogens is 364 g/mol. The third-order valence-electron chi connectivity index (χ3n) is 6.05. The highest BCUT2D eigenvalue weighted by molar-refractivity contribution is 5.98. The molecule has 2 aliphatic rings. The maximum absolute atomic E-state index is 13.1. The minimum absolute atomic E-state index is 0.00192. The fourth-order valence-corrected chi connectivity index (χ4v) is 4.23. The normalized spacial score (nSPS) is 21.6. The van der Waals surface area contributed by atoms with E-state index in [4.69, 9.17) is 9.47 Å². The van der Waals surface area contributed by atoms with Crippen LogP contribution >= 0.6 is 0 Å². The van der Waals surface area contributed by atoms with E-state index in [1.165, 1.54) is 0 Å². The van der Waals surface area contributed by atoms with Crippen LogP contribution in [0.5, 0.6) is 11.5 Å². The lowest BCUT2D eigenvalue weighted by atomic mass is 10.0. The molecule has 1 amide bonds. The predicted molar refractivity (Wildman–Crippen MR) is 115 cm³/mol. The van der Waals surface area contributed by atoms with Gasteiger partial charge in [0.25, 0.3) is 5.91 Å². The molecule has 5 nitrogen and oxygen atoms in total. The average Bonchev–Trinajstić information content (AvgIpc) is 3.10. The Labute approximate surface area is 173 Å². The van der Waals surface area contributed by atoms with Gasteiger partial charge < -0.3 is 14.4 Å². The molecule has 0 N–H and O–H groups in total. The number of carbonyl (C=O) groups is 1. The molecule has 2 aliphatic heterocycles. The van der Waals surface area contributed by atoms with E-state index in [0.29, 0.717) is 17.2 Å². The molecule has 5 heteroatoms. The lowest BCUT2D eigenvalue weighted by Crippen LogP contribution is -2.44. The Morgan fingerprint density at radius 1 is 1.14 bits per heavy atom. The number of ether oxygens (including phenoxy) is 2. The summed E-state index contributed by atoms with van der Waals surface area (Å²) in [6.45, 7) is 7.27. The Kier molecular flexibility index (Phi) is 5.50. The number of likely N-dealkylation sites (N-methyl/N-ethyl adjacent to an activating group) is 1. The average molecular weight is 395 g/mol. The number of rotatable bonds is 5. The van der Waals surface area contributed by atoms with Crippen molar-refractivity contribution < 1.29 is 14.3 Å². The number of carbonyl (C=O) groups excluding carboxylic acids is 1. The topological polar surface area (TPSA) is 42.0 Å². The fourth-order valence-electron chi connectivity index (χ4n) is 4.23. The van der Waals surface area contributed by atoms with E-state index in [1.54, 1.807) is 7.11 Å². The van der Waals surface area contributed by atoms with Crippen LogP contribution in [0, 0.1) is 5.92 Å². The van der Waals surface area contributed by atoms with Crippen molar-refractivity contribution >= 4 is 5.91 Å². The van der Waals surface area contributed by atoms with Crippen LogP contribution in [-0.2, 0) is 0 Å². The van der Waals surface area contributed by atoms with Gasteiger partial charge in [-0.15, -0.1) is 0 Å². The molecule has 154 valence electrons. The molecule has 0 saturated carbocycles. The highest BCUT2D eigenvalue weighted by Crippen LogP contribution is 2.35. The second-order valence-electron chi connectivity index (χ2n) is 8.52.